The summed E-state index contributed by atoms with van der Waals surface area (Å²) in [4.78, 5) is 0. The van der Waals surface area contributed by atoms with E-state index >= 15 is 0 Å². The van der Waals surface area contributed by atoms with Crippen molar-refractivity contribution in [3.8, 4) is 5.75 Å². The number of benzene rings is 1. The summed E-state index contributed by atoms with van der Waals surface area (Å²) < 4.78 is 6.43. The Morgan fingerprint density at radius 3 is 3.00 bits per heavy atom. The van der Waals surface area contributed by atoms with E-state index in [0.29, 0.717) is 18.3 Å². The Hall–Kier alpha value is -0.810. The summed E-state index contributed by atoms with van der Waals surface area (Å²) in [6.07, 6.45) is 0. The van der Waals surface area contributed by atoms with Crippen LogP contribution in [0.2, 0.25) is 0 Å². The summed E-state index contributed by atoms with van der Waals surface area (Å²) in [5, 5.41) is 3.10. The zero-order valence-electron chi connectivity index (χ0n) is 7.50. The third kappa shape index (κ3) is 4.43. The standard InChI is InChI=1S/C9H11BrN2OS/c10-7-2-1-3-8(6-7)13-5-4-12-9(11)14/h1-3,6H,4-5H2,(H3,11,12,14). The van der Waals surface area contributed by atoms with Gasteiger partial charge in [0.1, 0.15) is 12.4 Å². The first-order chi connectivity index (χ1) is 6.68. The van der Waals surface area contributed by atoms with Crippen molar-refractivity contribution in [2.75, 3.05) is 13.2 Å². The lowest BCUT2D eigenvalue weighted by atomic mass is 10.3. The van der Waals surface area contributed by atoms with Gasteiger partial charge in [0.15, 0.2) is 5.11 Å². The van der Waals surface area contributed by atoms with Crippen LogP contribution in [0.1, 0.15) is 0 Å². The van der Waals surface area contributed by atoms with Crippen molar-refractivity contribution in [2.24, 2.45) is 5.73 Å². The second kappa shape index (κ2) is 5.82. The second-order valence-electron chi connectivity index (χ2n) is 2.60. The molecule has 0 aliphatic rings. The van der Waals surface area contributed by atoms with Crippen LogP contribution in [-0.4, -0.2) is 18.3 Å². The Morgan fingerprint density at radius 1 is 1.57 bits per heavy atom. The van der Waals surface area contributed by atoms with Crippen LogP contribution >= 0.6 is 28.1 Å². The van der Waals surface area contributed by atoms with Gasteiger partial charge >= 0.3 is 0 Å². The highest BCUT2D eigenvalue weighted by atomic mass is 79.9. The number of thiocarbonyl (C=S) groups is 1. The van der Waals surface area contributed by atoms with E-state index in [1.165, 1.54) is 0 Å². The molecule has 3 nitrogen and oxygen atoms in total. The van der Waals surface area contributed by atoms with Crippen molar-refractivity contribution >= 4 is 33.3 Å². The van der Waals surface area contributed by atoms with Crippen LogP contribution in [0.4, 0.5) is 0 Å². The zero-order valence-corrected chi connectivity index (χ0v) is 9.90. The Morgan fingerprint density at radius 2 is 2.36 bits per heavy atom. The molecular weight excluding hydrogens is 264 g/mol. The monoisotopic (exact) mass is 274 g/mol. The molecule has 1 rings (SSSR count). The third-order valence-corrected chi connectivity index (χ3v) is 2.10. The second-order valence-corrected chi connectivity index (χ2v) is 3.95. The fourth-order valence-electron chi connectivity index (χ4n) is 0.900. The van der Waals surface area contributed by atoms with Gasteiger partial charge in [0.25, 0.3) is 0 Å². The first-order valence-electron chi connectivity index (χ1n) is 4.10. The summed E-state index contributed by atoms with van der Waals surface area (Å²) in [7, 11) is 0. The highest BCUT2D eigenvalue weighted by Gasteiger charge is 1.94. The van der Waals surface area contributed by atoms with Gasteiger partial charge in [-0.15, -0.1) is 0 Å². The van der Waals surface area contributed by atoms with Crippen LogP contribution < -0.4 is 15.8 Å². The van der Waals surface area contributed by atoms with E-state index in [-0.39, 0.29) is 0 Å². The predicted octanol–water partition coefficient (Wildman–Crippen LogP) is 1.66. The van der Waals surface area contributed by atoms with E-state index in [4.69, 9.17) is 10.5 Å². The zero-order chi connectivity index (χ0) is 10.4. The van der Waals surface area contributed by atoms with Crippen molar-refractivity contribution in [1.29, 1.82) is 0 Å². The van der Waals surface area contributed by atoms with Crippen LogP contribution in [0.25, 0.3) is 0 Å². The Kier molecular flexibility index (Phi) is 4.69. The summed E-state index contributed by atoms with van der Waals surface area (Å²) in [5.41, 5.74) is 5.25. The van der Waals surface area contributed by atoms with Gasteiger partial charge in [-0.2, -0.15) is 0 Å². The normalized spacial score (nSPS) is 9.50. The summed E-state index contributed by atoms with van der Waals surface area (Å²) in [6.45, 7) is 1.15. The minimum Gasteiger partial charge on any atom is -0.492 e. The van der Waals surface area contributed by atoms with Crippen molar-refractivity contribution in [2.45, 2.75) is 0 Å². The lowest BCUT2D eigenvalue weighted by Crippen LogP contribution is -2.32. The Bertz CT molecular complexity index is 319. The molecule has 0 aliphatic heterocycles. The van der Waals surface area contributed by atoms with Crippen LogP contribution in [0.5, 0.6) is 5.75 Å². The first kappa shape index (κ1) is 11.3. The van der Waals surface area contributed by atoms with Crippen LogP contribution in [0, 0.1) is 0 Å². The molecule has 0 atom stereocenters. The topological polar surface area (TPSA) is 47.3 Å². The van der Waals surface area contributed by atoms with Crippen LogP contribution in [-0.2, 0) is 0 Å². The number of halogens is 1. The van der Waals surface area contributed by atoms with Gasteiger partial charge in [-0.05, 0) is 30.4 Å². The average Bonchev–Trinajstić information content (AvgIpc) is 2.12. The minimum atomic E-state index is 0.294. The molecule has 0 saturated carbocycles. The smallest absolute Gasteiger partial charge is 0.163 e. The molecule has 0 heterocycles. The quantitative estimate of drug-likeness (QED) is 0.648. The molecule has 0 saturated heterocycles. The van der Waals surface area contributed by atoms with Crippen molar-refractivity contribution < 1.29 is 4.74 Å². The fraction of sp³-hybridized carbons (Fsp3) is 0.222. The SMILES string of the molecule is NC(=S)NCCOc1cccc(Br)c1. The van der Waals surface area contributed by atoms with Crippen LogP contribution in [0.15, 0.2) is 28.7 Å². The fourth-order valence-corrected chi connectivity index (χ4v) is 1.38. The van der Waals surface area contributed by atoms with Crippen molar-refractivity contribution in [3.05, 3.63) is 28.7 Å². The van der Waals surface area contributed by atoms with Gasteiger partial charge < -0.3 is 15.8 Å². The third-order valence-electron chi connectivity index (χ3n) is 1.47. The lowest BCUT2D eigenvalue weighted by Gasteiger charge is -2.07. The van der Waals surface area contributed by atoms with E-state index in [1.807, 2.05) is 24.3 Å². The highest BCUT2D eigenvalue weighted by molar-refractivity contribution is 9.10. The molecule has 0 aliphatic carbocycles. The molecule has 0 amide bonds. The number of nitrogens with one attached hydrogen (secondary N) is 1. The van der Waals surface area contributed by atoms with E-state index in [9.17, 15) is 0 Å². The van der Waals surface area contributed by atoms with Gasteiger partial charge in [0.05, 0.1) is 6.54 Å². The molecule has 5 heteroatoms. The Labute approximate surface area is 96.8 Å². The van der Waals surface area contributed by atoms with Gasteiger partial charge in [-0.3, -0.25) is 0 Å². The number of hydrogen-bond donors (Lipinski definition) is 2. The maximum Gasteiger partial charge on any atom is 0.163 e. The van der Waals surface area contributed by atoms with E-state index in [1.54, 1.807) is 0 Å². The summed E-state index contributed by atoms with van der Waals surface area (Å²) >= 11 is 8.01. The molecule has 0 bridgehead atoms. The number of rotatable bonds is 4. The maximum absolute atomic E-state index is 5.43. The molecule has 0 fully saturated rings. The number of nitrogens with two attached hydrogens (primary N) is 1. The maximum atomic E-state index is 5.43. The minimum absolute atomic E-state index is 0.294. The van der Waals surface area contributed by atoms with Gasteiger partial charge in [-0.25, -0.2) is 0 Å². The van der Waals surface area contributed by atoms with Gasteiger partial charge in [0, 0.05) is 4.47 Å². The average molecular weight is 275 g/mol. The molecule has 0 unspecified atom stereocenters. The summed E-state index contributed by atoms with van der Waals surface area (Å²) in [6, 6.07) is 7.66. The number of ether oxygens (including phenoxy) is 1. The van der Waals surface area contributed by atoms with Crippen molar-refractivity contribution in [3.63, 3.8) is 0 Å². The molecule has 0 radical (unpaired) electrons. The molecule has 3 N–H and O–H groups in total. The molecule has 0 aromatic heterocycles. The number of hydrogen-bond acceptors (Lipinski definition) is 2. The molecule has 76 valence electrons. The lowest BCUT2D eigenvalue weighted by molar-refractivity contribution is 0.322. The molecule has 1 aromatic rings. The van der Waals surface area contributed by atoms with Gasteiger partial charge in [0.2, 0.25) is 0 Å². The first-order valence-corrected chi connectivity index (χ1v) is 5.30. The molecular formula is C9H11BrN2OS. The highest BCUT2D eigenvalue weighted by Crippen LogP contribution is 2.17. The molecule has 0 spiro atoms. The Balaban J connectivity index is 2.28. The largest absolute Gasteiger partial charge is 0.492 e. The van der Waals surface area contributed by atoms with Gasteiger partial charge in [-0.1, -0.05) is 22.0 Å². The van der Waals surface area contributed by atoms with E-state index in [2.05, 4.69) is 33.5 Å². The van der Waals surface area contributed by atoms with Crippen molar-refractivity contribution in [1.82, 2.24) is 5.32 Å². The molecule has 1 aromatic carbocycles. The molecule has 14 heavy (non-hydrogen) atoms. The van der Waals surface area contributed by atoms with Crippen LogP contribution in [0.3, 0.4) is 0 Å². The van der Waals surface area contributed by atoms with E-state index < -0.39 is 0 Å². The summed E-state index contributed by atoms with van der Waals surface area (Å²) in [5.74, 6) is 0.823. The van der Waals surface area contributed by atoms with E-state index in [0.717, 1.165) is 10.2 Å². The predicted molar refractivity (Wildman–Crippen MR) is 64.4 cm³/mol.